The topological polar surface area (TPSA) is 75.1 Å². The number of anilines is 1. The van der Waals surface area contributed by atoms with E-state index in [1.54, 1.807) is 0 Å². The lowest BCUT2D eigenvalue weighted by molar-refractivity contribution is -0.137. The van der Waals surface area contributed by atoms with Crippen LogP contribution < -0.4 is 5.32 Å². The highest BCUT2D eigenvalue weighted by atomic mass is 32.1. The van der Waals surface area contributed by atoms with E-state index in [1.165, 1.54) is 24.4 Å². The minimum absolute atomic E-state index is 0.232. The smallest absolute Gasteiger partial charge is 0.303 e. The van der Waals surface area contributed by atoms with Gasteiger partial charge in [-0.05, 0) is 32.6 Å². The highest BCUT2D eigenvalue weighted by molar-refractivity contribution is 7.09. The van der Waals surface area contributed by atoms with Gasteiger partial charge in [-0.15, -0.1) is 0 Å². The van der Waals surface area contributed by atoms with Gasteiger partial charge >= 0.3 is 5.97 Å². The van der Waals surface area contributed by atoms with Crippen molar-refractivity contribution in [1.82, 2.24) is 9.36 Å². The monoisotopic (exact) mass is 255 g/mol. The van der Waals surface area contributed by atoms with Gasteiger partial charge in [0, 0.05) is 29.9 Å². The lowest BCUT2D eigenvalue weighted by atomic mass is 10.1. The Balaban J connectivity index is 1.72. The van der Waals surface area contributed by atoms with Crippen LogP contribution in [0.1, 0.15) is 50.8 Å². The summed E-state index contributed by atoms with van der Waals surface area (Å²) in [5.74, 6) is 0.823. The zero-order valence-corrected chi connectivity index (χ0v) is 10.7. The summed E-state index contributed by atoms with van der Waals surface area (Å²) < 4.78 is 4.31. The largest absolute Gasteiger partial charge is 0.481 e. The second kappa shape index (κ2) is 5.44. The number of carbonyl (C=O) groups is 1. The lowest BCUT2D eigenvalue weighted by Crippen LogP contribution is -2.15. The standard InChI is InChI=1S/C11H17N3O2S/c1-7(3-2-4-9(15)16)12-11-13-10(14-17-11)8-5-6-8/h7-8H,2-6H2,1H3,(H,15,16)(H,12,13,14). The Morgan fingerprint density at radius 2 is 2.41 bits per heavy atom. The van der Waals surface area contributed by atoms with Gasteiger partial charge in [0.15, 0.2) is 0 Å². The molecule has 0 bridgehead atoms. The maximum absolute atomic E-state index is 10.4. The molecule has 0 amide bonds. The third kappa shape index (κ3) is 3.96. The number of rotatable bonds is 7. The third-order valence-corrected chi connectivity index (χ3v) is 3.44. The normalized spacial score (nSPS) is 16.8. The fourth-order valence-electron chi connectivity index (χ4n) is 1.64. The van der Waals surface area contributed by atoms with Crippen LogP contribution in [0.25, 0.3) is 0 Å². The zero-order chi connectivity index (χ0) is 12.3. The Hall–Kier alpha value is -1.17. The Bertz CT molecular complexity index is 390. The van der Waals surface area contributed by atoms with E-state index in [0.29, 0.717) is 12.3 Å². The van der Waals surface area contributed by atoms with E-state index >= 15 is 0 Å². The first-order valence-corrected chi connectivity index (χ1v) is 6.74. The molecule has 0 aromatic carbocycles. The van der Waals surface area contributed by atoms with E-state index < -0.39 is 5.97 Å². The molecule has 1 aliphatic carbocycles. The molecular formula is C11H17N3O2S. The van der Waals surface area contributed by atoms with Crippen molar-refractivity contribution in [3.05, 3.63) is 5.82 Å². The molecule has 1 unspecified atom stereocenters. The predicted molar refractivity (Wildman–Crippen MR) is 66.5 cm³/mol. The summed E-state index contributed by atoms with van der Waals surface area (Å²) in [6.07, 6.45) is 4.19. The molecule has 2 rings (SSSR count). The van der Waals surface area contributed by atoms with Gasteiger partial charge < -0.3 is 10.4 Å². The van der Waals surface area contributed by atoms with Crippen LogP contribution in [0, 0.1) is 0 Å². The van der Waals surface area contributed by atoms with Crippen molar-refractivity contribution in [2.45, 2.75) is 51.0 Å². The average molecular weight is 255 g/mol. The fraction of sp³-hybridized carbons (Fsp3) is 0.727. The Morgan fingerprint density at radius 1 is 1.65 bits per heavy atom. The van der Waals surface area contributed by atoms with Crippen molar-refractivity contribution in [3.63, 3.8) is 0 Å². The number of hydrogen-bond donors (Lipinski definition) is 2. The first-order valence-electron chi connectivity index (χ1n) is 5.97. The maximum atomic E-state index is 10.4. The Morgan fingerprint density at radius 3 is 3.06 bits per heavy atom. The van der Waals surface area contributed by atoms with Crippen LogP contribution in [0.4, 0.5) is 5.13 Å². The first-order chi connectivity index (χ1) is 8.15. The van der Waals surface area contributed by atoms with Crippen LogP contribution in [-0.4, -0.2) is 26.5 Å². The van der Waals surface area contributed by atoms with E-state index in [2.05, 4.69) is 14.7 Å². The summed E-state index contributed by atoms with van der Waals surface area (Å²) in [4.78, 5) is 14.8. The molecule has 6 heteroatoms. The third-order valence-electron chi connectivity index (χ3n) is 2.78. The second-order valence-corrected chi connectivity index (χ2v) is 5.32. The van der Waals surface area contributed by atoms with E-state index in [9.17, 15) is 4.79 Å². The van der Waals surface area contributed by atoms with E-state index in [4.69, 9.17) is 5.11 Å². The van der Waals surface area contributed by atoms with Gasteiger partial charge in [0.1, 0.15) is 5.82 Å². The predicted octanol–water partition coefficient (Wildman–Crippen LogP) is 2.47. The van der Waals surface area contributed by atoms with Gasteiger partial charge in [-0.25, -0.2) is 4.98 Å². The van der Waals surface area contributed by atoms with Crippen molar-refractivity contribution < 1.29 is 9.90 Å². The SMILES string of the molecule is CC(CCCC(=O)O)Nc1nc(C2CC2)ns1. The maximum Gasteiger partial charge on any atom is 0.303 e. The van der Waals surface area contributed by atoms with E-state index in [-0.39, 0.29) is 12.5 Å². The van der Waals surface area contributed by atoms with Crippen LogP contribution in [0.15, 0.2) is 0 Å². The first kappa shape index (κ1) is 12.3. The van der Waals surface area contributed by atoms with Gasteiger partial charge in [-0.1, -0.05) is 0 Å². The van der Waals surface area contributed by atoms with Crippen molar-refractivity contribution in [3.8, 4) is 0 Å². The van der Waals surface area contributed by atoms with Gasteiger partial charge in [0.2, 0.25) is 5.13 Å². The number of hydrogen-bond acceptors (Lipinski definition) is 5. The number of aliphatic carboxylic acids is 1. The highest BCUT2D eigenvalue weighted by Gasteiger charge is 2.27. The minimum atomic E-state index is -0.732. The molecule has 94 valence electrons. The Kier molecular flexibility index (Phi) is 3.93. The van der Waals surface area contributed by atoms with Crippen LogP contribution in [0.5, 0.6) is 0 Å². The molecule has 1 heterocycles. The van der Waals surface area contributed by atoms with Crippen LogP contribution >= 0.6 is 11.5 Å². The summed E-state index contributed by atoms with van der Waals surface area (Å²) in [7, 11) is 0. The fourth-order valence-corrected chi connectivity index (χ4v) is 2.40. The molecule has 1 atom stereocenters. The molecule has 1 aromatic rings. The minimum Gasteiger partial charge on any atom is -0.481 e. The molecule has 17 heavy (non-hydrogen) atoms. The molecule has 1 fully saturated rings. The van der Waals surface area contributed by atoms with Crippen molar-refractivity contribution in [2.24, 2.45) is 0 Å². The summed E-state index contributed by atoms with van der Waals surface area (Å²) in [5.41, 5.74) is 0. The van der Waals surface area contributed by atoms with E-state index in [0.717, 1.165) is 17.4 Å². The molecule has 0 saturated heterocycles. The number of nitrogens with zero attached hydrogens (tertiary/aromatic N) is 2. The summed E-state index contributed by atoms with van der Waals surface area (Å²) in [5, 5.41) is 12.7. The molecule has 2 N–H and O–H groups in total. The van der Waals surface area contributed by atoms with E-state index in [1.807, 2.05) is 6.92 Å². The molecule has 5 nitrogen and oxygen atoms in total. The van der Waals surface area contributed by atoms with Crippen LogP contribution in [0.3, 0.4) is 0 Å². The zero-order valence-electron chi connectivity index (χ0n) is 9.85. The Labute approximate surface area is 104 Å². The second-order valence-electron chi connectivity index (χ2n) is 4.56. The molecule has 0 aliphatic heterocycles. The number of aromatic nitrogens is 2. The molecule has 1 aliphatic rings. The number of carboxylic acid groups (broad SMARTS) is 1. The van der Waals surface area contributed by atoms with Crippen LogP contribution in [-0.2, 0) is 4.79 Å². The molecule has 0 radical (unpaired) electrons. The highest BCUT2D eigenvalue weighted by Crippen LogP contribution is 2.39. The van der Waals surface area contributed by atoms with Crippen molar-refractivity contribution in [1.29, 1.82) is 0 Å². The van der Waals surface area contributed by atoms with Gasteiger partial charge in [0.05, 0.1) is 0 Å². The van der Waals surface area contributed by atoms with Gasteiger partial charge in [0.25, 0.3) is 0 Å². The summed E-state index contributed by atoms with van der Waals surface area (Å²) >= 11 is 1.40. The van der Waals surface area contributed by atoms with Gasteiger partial charge in [-0.3, -0.25) is 4.79 Å². The van der Waals surface area contributed by atoms with Crippen molar-refractivity contribution in [2.75, 3.05) is 5.32 Å². The molecule has 1 aromatic heterocycles. The summed E-state index contributed by atoms with van der Waals surface area (Å²) in [6.45, 7) is 2.04. The van der Waals surface area contributed by atoms with Gasteiger partial charge in [-0.2, -0.15) is 4.37 Å². The van der Waals surface area contributed by atoms with Crippen molar-refractivity contribution >= 4 is 22.6 Å². The number of nitrogens with one attached hydrogen (secondary N) is 1. The lowest BCUT2D eigenvalue weighted by Gasteiger charge is -2.11. The molecule has 0 spiro atoms. The van der Waals surface area contributed by atoms with Crippen LogP contribution in [0.2, 0.25) is 0 Å². The number of carboxylic acids is 1. The molecule has 1 saturated carbocycles. The quantitative estimate of drug-likeness (QED) is 0.782. The average Bonchev–Trinajstić information content (AvgIpc) is 3.00. The molecular weight excluding hydrogens is 238 g/mol. The summed E-state index contributed by atoms with van der Waals surface area (Å²) in [6, 6.07) is 0.245.